The molecule has 0 aliphatic heterocycles. The minimum atomic E-state index is -0.510. The molecule has 2 aromatic rings. The second kappa shape index (κ2) is 7.21. The highest BCUT2D eigenvalue weighted by Crippen LogP contribution is 2.23. The predicted octanol–water partition coefficient (Wildman–Crippen LogP) is 3.29. The lowest BCUT2D eigenvalue weighted by Gasteiger charge is -2.10. The molecule has 0 fully saturated rings. The maximum absolute atomic E-state index is 12.1. The second-order valence-electron chi connectivity index (χ2n) is 4.61. The van der Waals surface area contributed by atoms with Crippen molar-refractivity contribution in [3.63, 3.8) is 0 Å². The molecule has 1 N–H and O–H groups in total. The van der Waals surface area contributed by atoms with Crippen LogP contribution >= 0.6 is 0 Å². The maximum Gasteiger partial charge on any atom is 0.270 e. The molecule has 0 saturated carbocycles. The summed E-state index contributed by atoms with van der Waals surface area (Å²) in [5.41, 5.74) is 1.07. The number of ether oxygens (including phenoxy) is 1. The van der Waals surface area contributed by atoms with E-state index in [-0.39, 0.29) is 17.9 Å². The van der Waals surface area contributed by atoms with E-state index in [1.54, 1.807) is 13.2 Å². The Bertz CT molecular complexity index is 685. The van der Waals surface area contributed by atoms with Gasteiger partial charge in [0.2, 0.25) is 0 Å². The van der Waals surface area contributed by atoms with E-state index in [2.05, 4.69) is 5.32 Å². The van der Waals surface area contributed by atoms with Crippen molar-refractivity contribution in [2.75, 3.05) is 19.0 Å². The van der Waals surface area contributed by atoms with Crippen LogP contribution < -0.4 is 10.1 Å². The number of methoxy groups -OCH3 is 1. The van der Waals surface area contributed by atoms with E-state index in [4.69, 9.17) is 4.74 Å². The number of non-ortho nitro benzene ring substituents is 1. The van der Waals surface area contributed by atoms with Crippen molar-refractivity contribution in [1.29, 1.82) is 0 Å². The number of nitro groups is 1. The van der Waals surface area contributed by atoms with Crippen LogP contribution in [0.25, 0.3) is 0 Å². The highest BCUT2D eigenvalue weighted by molar-refractivity contribution is 5.96. The second-order valence-corrected chi connectivity index (χ2v) is 4.61. The van der Waals surface area contributed by atoms with Crippen molar-refractivity contribution in [2.45, 2.75) is 6.42 Å². The number of carbonyl (C=O) groups excluding carboxylic acids is 1. The molecule has 0 radical (unpaired) electrons. The summed E-state index contributed by atoms with van der Waals surface area (Å²) >= 11 is 0. The molecule has 0 spiro atoms. The van der Waals surface area contributed by atoms with Crippen LogP contribution in [0.5, 0.6) is 5.75 Å². The van der Waals surface area contributed by atoms with Gasteiger partial charge in [-0.25, -0.2) is 0 Å². The van der Waals surface area contributed by atoms with Gasteiger partial charge in [-0.2, -0.15) is 0 Å². The molecular weight excluding hydrogens is 284 g/mol. The van der Waals surface area contributed by atoms with Gasteiger partial charge < -0.3 is 10.1 Å². The largest absolute Gasteiger partial charge is 0.495 e. The lowest BCUT2D eigenvalue weighted by atomic mass is 10.1. The minimum Gasteiger partial charge on any atom is -0.495 e. The molecule has 0 bridgehead atoms. The summed E-state index contributed by atoms with van der Waals surface area (Å²) in [6.07, 6.45) is 0.235. The van der Waals surface area contributed by atoms with Gasteiger partial charge in [-0.1, -0.05) is 24.3 Å². The van der Waals surface area contributed by atoms with Gasteiger partial charge in [0.1, 0.15) is 5.75 Å². The van der Waals surface area contributed by atoms with Crippen LogP contribution in [0.1, 0.15) is 16.8 Å². The molecule has 0 amide bonds. The zero-order valence-corrected chi connectivity index (χ0v) is 12.1. The number of hydrogen-bond acceptors (Lipinski definition) is 5. The maximum atomic E-state index is 12.1. The monoisotopic (exact) mass is 300 g/mol. The van der Waals surface area contributed by atoms with Crippen LogP contribution in [0.15, 0.2) is 48.5 Å². The van der Waals surface area contributed by atoms with Crippen LogP contribution in [-0.4, -0.2) is 24.4 Å². The number of nitrogens with one attached hydrogen (secondary N) is 1. The number of nitro benzene ring substituents is 1. The van der Waals surface area contributed by atoms with Gasteiger partial charge >= 0.3 is 0 Å². The van der Waals surface area contributed by atoms with E-state index in [0.29, 0.717) is 17.9 Å². The molecule has 0 aliphatic rings. The number of hydrogen-bond donors (Lipinski definition) is 1. The summed E-state index contributed by atoms with van der Waals surface area (Å²) in [6, 6.07) is 13.2. The average Bonchev–Trinajstić information content (AvgIpc) is 2.55. The first-order valence-electron chi connectivity index (χ1n) is 6.76. The minimum absolute atomic E-state index is 0.0801. The lowest BCUT2D eigenvalue weighted by Crippen LogP contribution is -2.09. The Hall–Kier alpha value is -2.89. The van der Waals surface area contributed by atoms with Crippen molar-refractivity contribution in [1.82, 2.24) is 0 Å². The Morgan fingerprint density at radius 3 is 2.73 bits per heavy atom. The first-order chi connectivity index (χ1) is 10.6. The lowest BCUT2D eigenvalue weighted by molar-refractivity contribution is -0.384. The average molecular weight is 300 g/mol. The molecular formula is C16H16N2O4. The van der Waals surface area contributed by atoms with Crippen molar-refractivity contribution < 1.29 is 14.5 Å². The van der Waals surface area contributed by atoms with Gasteiger partial charge in [0, 0.05) is 30.7 Å². The third-order valence-electron chi connectivity index (χ3n) is 3.15. The fraction of sp³-hybridized carbons (Fsp3) is 0.188. The molecule has 6 heteroatoms. The zero-order chi connectivity index (χ0) is 15.9. The summed E-state index contributed by atoms with van der Waals surface area (Å²) in [7, 11) is 1.58. The fourth-order valence-electron chi connectivity index (χ4n) is 2.04. The fourth-order valence-corrected chi connectivity index (χ4v) is 2.04. The number of para-hydroxylation sites is 2. The van der Waals surface area contributed by atoms with Crippen LogP contribution in [0, 0.1) is 10.1 Å². The van der Waals surface area contributed by atoms with Gasteiger partial charge in [-0.05, 0) is 12.1 Å². The van der Waals surface area contributed by atoms with Crippen molar-refractivity contribution in [3.8, 4) is 5.75 Å². The van der Waals surface area contributed by atoms with Gasteiger partial charge in [0.25, 0.3) is 5.69 Å². The normalized spacial score (nSPS) is 10.0. The zero-order valence-electron chi connectivity index (χ0n) is 12.1. The molecule has 2 rings (SSSR count). The molecule has 114 valence electrons. The Balaban J connectivity index is 1.95. The summed E-state index contributed by atoms with van der Waals surface area (Å²) in [5.74, 6) is 0.552. The number of carbonyl (C=O) groups is 1. The number of rotatable bonds is 7. The van der Waals surface area contributed by atoms with E-state index in [9.17, 15) is 14.9 Å². The molecule has 0 unspecified atom stereocenters. The summed E-state index contributed by atoms with van der Waals surface area (Å²) in [5, 5.41) is 13.8. The van der Waals surface area contributed by atoms with Gasteiger partial charge in [-0.15, -0.1) is 0 Å². The summed E-state index contributed by atoms with van der Waals surface area (Å²) in [4.78, 5) is 22.3. The highest BCUT2D eigenvalue weighted by atomic mass is 16.6. The number of anilines is 1. The summed E-state index contributed by atoms with van der Waals surface area (Å²) in [6.45, 7) is 0.419. The molecule has 0 heterocycles. The Kier molecular flexibility index (Phi) is 5.08. The van der Waals surface area contributed by atoms with E-state index in [1.165, 1.54) is 18.2 Å². The van der Waals surface area contributed by atoms with Gasteiger partial charge in [0.05, 0.1) is 17.7 Å². The standard InChI is InChI=1S/C16H16N2O4/c1-22-16-8-3-2-7-14(16)17-10-9-15(19)12-5-4-6-13(11-12)18(20)21/h2-8,11,17H,9-10H2,1H3. The SMILES string of the molecule is COc1ccccc1NCCC(=O)c1cccc([N+](=O)[O-])c1. The molecule has 6 nitrogen and oxygen atoms in total. The first-order valence-corrected chi connectivity index (χ1v) is 6.76. The van der Waals surface area contributed by atoms with Crippen LogP contribution in [0.4, 0.5) is 11.4 Å². The van der Waals surface area contributed by atoms with E-state index in [0.717, 1.165) is 5.69 Å². The highest BCUT2D eigenvalue weighted by Gasteiger charge is 2.11. The van der Waals surface area contributed by atoms with Crippen LogP contribution in [0.3, 0.4) is 0 Å². The quantitative estimate of drug-likeness (QED) is 0.482. The predicted molar refractivity (Wildman–Crippen MR) is 83.5 cm³/mol. The van der Waals surface area contributed by atoms with Crippen LogP contribution in [0.2, 0.25) is 0 Å². The smallest absolute Gasteiger partial charge is 0.270 e. The Labute approximate surface area is 127 Å². The van der Waals surface area contributed by atoms with Crippen molar-refractivity contribution in [3.05, 3.63) is 64.2 Å². The van der Waals surface area contributed by atoms with E-state index in [1.807, 2.05) is 24.3 Å². The van der Waals surface area contributed by atoms with Crippen molar-refractivity contribution >= 4 is 17.2 Å². The third kappa shape index (κ3) is 3.82. The number of benzene rings is 2. The van der Waals surface area contributed by atoms with Crippen molar-refractivity contribution in [2.24, 2.45) is 0 Å². The summed E-state index contributed by atoms with van der Waals surface area (Å²) < 4.78 is 5.21. The number of ketones is 1. The van der Waals surface area contributed by atoms with Crippen LogP contribution in [-0.2, 0) is 0 Å². The Morgan fingerprint density at radius 1 is 1.23 bits per heavy atom. The topological polar surface area (TPSA) is 81.5 Å². The van der Waals surface area contributed by atoms with E-state index >= 15 is 0 Å². The Morgan fingerprint density at radius 2 is 2.00 bits per heavy atom. The number of Topliss-reactive ketones (excluding diaryl/α,β-unsaturated/α-hetero) is 1. The number of nitrogens with zero attached hydrogens (tertiary/aromatic N) is 1. The van der Waals surface area contributed by atoms with Gasteiger partial charge in [0.15, 0.2) is 5.78 Å². The molecule has 0 saturated heterocycles. The molecule has 0 aromatic heterocycles. The molecule has 22 heavy (non-hydrogen) atoms. The third-order valence-corrected chi connectivity index (χ3v) is 3.15. The van der Waals surface area contributed by atoms with Gasteiger partial charge in [-0.3, -0.25) is 14.9 Å². The molecule has 0 aliphatic carbocycles. The first kappa shape index (κ1) is 15.5. The molecule has 0 atom stereocenters. The van der Waals surface area contributed by atoms with E-state index < -0.39 is 4.92 Å². The molecule has 2 aromatic carbocycles.